The third kappa shape index (κ3) is 3.72. The number of thiazole rings is 1. The fraction of sp³-hybridized carbons (Fsp3) is 0.692. The Balaban J connectivity index is 2.20. The molecule has 0 radical (unpaired) electrons. The Morgan fingerprint density at radius 3 is 2.46 bits per heavy atom. The third-order valence-electron chi connectivity index (χ3n) is 4.07. The quantitative estimate of drug-likeness (QED) is 0.845. The number of nitrogens with one attached hydrogen (secondary N) is 1. The highest BCUT2D eigenvalue weighted by Gasteiger charge is 2.50. The molecule has 0 bridgehead atoms. The third-order valence-corrected chi connectivity index (χ3v) is 6.91. The van der Waals surface area contributed by atoms with E-state index in [-0.39, 0.29) is 24.4 Å². The molecule has 24 heavy (non-hydrogen) atoms. The molecule has 1 amide bonds. The maximum atomic E-state index is 12.7. The van der Waals surface area contributed by atoms with Gasteiger partial charge in [-0.2, -0.15) is 13.2 Å². The van der Waals surface area contributed by atoms with E-state index in [1.165, 1.54) is 7.05 Å². The summed E-state index contributed by atoms with van der Waals surface area (Å²) in [5.74, 6) is -0.602. The topological polar surface area (TPSA) is 79.4 Å². The van der Waals surface area contributed by atoms with Crippen LogP contribution in [0.3, 0.4) is 0 Å². The average Bonchev–Trinajstić information content (AvgIpc) is 2.94. The highest BCUT2D eigenvalue weighted by atomic mass is 32.2. The summed E-state index contributed by atoms with van der Waals surface area (Å²) >= 11 is 0.788. The van der Waals surface area contributed by atoms with E-state index in [1.54, 1.807) is 0 Å². The molecular weight excluding hydrogens is 367 g/mol. The Morgan fingerprint density at radius 1 is 1.42 bits per heavy atom. The number of sulfone groups is 1. The number of amides is 1. The van der Waals surface area contributed by atoms with Crippen LogP contribution in [0.25, 0.3) is 0 Å². The van der Waals surface area contributed by atoms with E-state index in [0.29, 0.717) is 13.1 Å². The number of carbonyl (C=O) groups excluding carboxylic acids is 1. The molecule has 11 heteroatoms. The second kappa shape index (κ2) is 6.60. The lowest BCUT2D eigenvalue weighted by Gasteiger charge is -2.37. The number of hydrogen-bond donors (Lipinski definition) is 1. The van der Waals surface area contributed by atoms with Crippen molar-refractivity contribution in [2.75, 3.05) is 26.4 Å². The summed E-state index contributed by atoms with van der Waals surface area (Å²) in [5, 5.41) is 3.99. The molecule has 6 nitrogen and oxygen atoms in total. The Labute approximate surface area is 142 Å². The van der Waals surface area contributed by atoms with E-state index >= 15 is 0 Å². The van der Waals surface area contributed by atoms with Gasteiger partial charge in [0.1, 0.15) is 5.01 Å². The zero-order valence-electron chi connectivity index (χ0n) is 13.2. The molecular formula is C13H18F3N3O3S2. The summed E-state index contributed by atoms with van der Waals surface area (Å²) < 4.78 is 60.6. The molecule has 0 atom stereocenters. The molecule has 1 aliphatic heterocycles. The van der Waals surface area contributed by atoms with Gasteiger partial charge < -0.3 is 10.2 Å². The predicted molar refractivity (Wildman–Crippen MR) is 83.3 cm³/mol. The first-order chi connectivity index (χ1) is 11.0. The molecule has 0 spiro atoms. The largest absolute Gasteiger partial charge is 0.434 e. The van der Waals surface area contributed by atoms with Gasteiger partial charge in [0, 0.05) is 18.7 Å². The zero-order chi connectivity index (χ0) is 18.2. The van der Waals surface area contributed by atoms with Crippen molar-refractivity contribution in [3.05, 3.63) is 16.1 Å². The number of rotatable bonds is 4. The van der Waals surface area contributed by atoms with E-state index in [1.807, 2.05) is 0 Å². The molecule has 1 fully saturated rings. The van der Waals surface area contributed by atoms with Gasteiger partial charge in [0.2, 0.25) is 5.91 Å². The lowest BCUT2D eigenvalue weighted by molar-refractivity contribution is -0.140. The van der Waals surface area contributed by atoms with Crippen molar-refractivity contribution < 1.29 is 26.4 Å². The standard InChI is InChI=1S/C13H18F3N3O3S2/c1-19(7-10-18-9(8-23-10)13(14,15)16)11(20)12(24(2,21)22)3-5-17-6-4-12/h8,17H,3-7H2,1-2H3. The van der Waals surface area contributed by atoms with Gasteiger partial charge in [-0.15, -0.1) is 11.3 Å². The predicted octanol–water partition coefficient (Wildman–Crippen LogP) is 1.29. The van der Waals surface area contributed by atoms with Gasteiger partial charge in [-0.25, -0.2) is 13.4 Å². The van der Waals surface area contributed by atoms with Crippen LogP contribution in [0.2, 0.25) is 0 Å². The van der Waals surface area contributed by atoms with E-state index in [2.05, 4.69) is 10.3 Å². The van der Waals surface area contributed by atoms with Gasteiger partial charge in [0.25, 0.3) is 0 Å². The van der Waals surface area contributed by atoms with Gasteiger partial charge >= 0.3 is 6.18 Å². The fourth-order valence-corrected chi connectivity index (χ4v) is 4.98. The maximum Gasteiger partial charge on any atom is 0.434 e. The van der Waals surface area contributed by atoms with Crippen molar-refractivity contribution in [1.82, 2.24) is 15.2 Å². The smallest absolute Gasteiger partial charge is 0.338 e. The van der Waals surface area contributed by atoms with Crippen molar-refractivity contribution >= 4 is 27.1 Å². The van der Waals surface area contributed by atoms with Crippen LogP contribution in [0.5, 0.6) is 0 Å². The summed E-state index contributed by atoms with van der Waals surface area (Å²) in [6.45, 7) is 0.620. The molecule has 0 saturated carbocycles. The number of piperidine rings is 1. The molecule has 136 valence electrons. The molecule has 0 unspecified atom stereocenters. The Morgan fingerprint density at radius 2 is 2.00 bits per heavy atom. The number of alkyl halides is 3. The lowest BCUT2D eigenvalue weighted by Crippen LogP contribution is -2.57. The first kappa shape index (κ1) is 19.1. The monoisotopic (exact) mass is 385 g/mol. The molecule has 1 saturated heterocycles. The van der Waals surface area contributed by atoms with E-state index < -0.39 is 32.4 Å². The van der Waals surface area contributed by atoms with Crippen molar-refractivity contribution in [1.29, 1.82) is 0 Å². The van der Waals surface area contributed by atoms with Crippen molar-refractivity contribution in [2.45, 2.75) is 30.3 Å². The zero-order valence-corrected chi connectivity index (χ0v) is 14.8. The summed E-state index contributed by atoms with van der Waals surface area (Å²) in [7, 11) is -2.29. The highest BCUT2D eigenvalue weighted by Crippen LogP contribution is 2.32. The van der Waals surface area contributed by atoms with E-state index in [9.17, 15) is 26.4 Å². The lowest BCUT2D eigenvalue weighted by atomic mass is 9.95. The van der Waals surface area contributed by atoms with Crippen molar-refractivity contribution in [3.8, 4) is 0 Å². The highest BCUT2D eigenvalue weighted by molar-refractivity contribution is 7.92. The first-order valence-electron chi connectivity index (χ1n) is 7.15. The van der Waals surface area contributed by atoms with Gasteiger partial charge in [-0.3, -0.25) is 4.79 Å². The van der Waals surface area contributed by atoms with Gasteiger partial charge in [-0.05, 0) is 25.9 Å². The summed E-state index contributed by atoms with van der Waals surface area (Å²) in [6, 6.07) is 0. The van der Waals surface area contributed by atoms with Gasteiger partial charge in [0.05, 0.1) is 6.54 Å². The molecule has 1 N–H and O–H groups in total. The van der Waals surface area contributed by atoms with Crippen LogP contribution in [-0.4, -0.2) is 55.3 Å². The first-order valence-corrected chi connectivity index (χ1v) is 9.92. The summed E-state index contributed by atoms with van der Waals surface area (Å²) in [5.41, 5.74) is -1.01. The van der Waals surface area contributed by atoms with Crippen LogP contribution < -0.4 is 5.32 Å². The second-order valence-corrected chi connectivity index (χ2v) is 9.07. The van der Waals surface area contributed by atoms with Crippen LogP contribution >= 0.6 is 11.3 Å². The number of carbonyl (C=O) groups is 1. The van der Waals surface area contributed by atoms with Crippen LogP contribution in [0, 0.1) is 0 Å². The van der Waals surface area contributed by atoms with Gasteiger partial charge in [0.15, 0.2) is 20.3 Å². The van der Waals surface area contributed by atoms with Crippen LogP contribution in [0.15, 0.2) is 5.38 Å². The molecule has 2 heterocycles. The van der Waals surface area contributed by atoms with E-state index in [0.717, 1.165) is 27.9 Å². The number of nitrogens with zero attached hydrogens (tertiary/aromatic N) is 2. The average molecular weight is 385 g/mol. The summed E-state index contributed by atoms with van der Waals surface area (Å²) in [6.07, 6.45) is -3.24. The Kier molecular flexibility index (Phi) is 5.26. The van der Waals surface area contributed by atoms with Crippen molar-refractivity contribution in [2.24, 2.45) is 0 Å². The van der Waals surface area contributed by atoms with E-state index in [4.69, 9.17) is 0 Å². The molecule has 0 aliphatic carbocycles. The minimum Gasteiger partial charge on any atom is -0.338 e. The normalized spacial score (nSPS) is 18.4. The molecule has 1 aliphatic rings. The number of halogens is 3. The van der Waals surface area contributed by atoms with Crippen molar-refractivity contribution in [3.63, 3.8) is 0 Å². The number of hydrogen-bond acceptors (Lipinski definition) is 6. The molecule has 2 rings (SSSR count). The van der Waals surface area contributed by atoms with Crippen LogP contribution in [0.4, 0.5) is 13.2 Å². The van der Waals surface area contributed by atoms with Gasteiger partial charge in [-0.1, -0.05) is 0 Å². The molecule has 1 aromatic heterocycles. The van der Waals surface area contributed by atoms with Crippen LogP contribution in [0.1, 0.15) is 23.5 Å². The number of aromatic nitrogens is 1. The summed E-state index contributed by atoms with van der Waals surface area (Å²) in [4.78, 5) is 17.4. The maximum absolute atomic E-state index is 12.7. The SMILES string of the molecule is CN(Cc1nc(C(F)(F)F)cs1)C(=O)C1(S(C)(=O)=O)CCNCC1. The van der Waals surface area contributed by atoms with Crippen LogP contribution in [-0.2, 0) is 27.4 Å². The Hall–Kier alpha value is -1.20. The minimum absolute atomic E-state index is 0.107. The second-order valence-electron chi connectivity index (χ2n) is 5.80. The Bertz CT molecular complexity index is 710. The molecule has 1 aromatic rings. The minimum atomic E-state index is -4.54. The fourth-order valence-electron chi connectivity index (χ4n) is 2.71. The molecule has 0 aromatic carbocycles.